The number of carbonyl (C=O) groups excluding carboxylic acids is 1. The van der Waals surface area contributed by atoms with Gasteiger partial charge in [-0.3, -0.25) is 0 Å². The molecule has 0 N–H and O–H groups in total. The van der Waals surface area contributed by atoms with E-state index in [4.69, 9.17) is 22.1 Å². The van der Waals surface area contributed by atoms with Gasteiger partial charge in [0.05, 0.1) is 5.56 Å². The molecule has 0 aromatic heterocycles. The summed E-state index contributed by atoms with van der Waals surface area (Å²) in [4.78, 5) is 12.5. The van der Waals surface area contributed by atoms with Crippen LogP contribution in [0.1, 0.15) is 73.2 Å². The van der Waals surface area contributed by atoms with Crippen LogP contribution < -0.4 is 0 Å². The highest BCUT2D eigenvalue weighted by atomic mass is 32.1. The molecule has 1 saturated heterocycles. The number of rotatable bonds is 3. The lowest BCUT2D eigenvalue weighted by Gasteiger charge is -2.24. The van der Waals surface area contributed by atoms with Crippen LogP contribution in [0.15, 0.2) is 24.3 Å². The van der Waals surface area contributed by atoms with E-state index in [0.29, 0.717) is 11.5 Å². The van der Waals surface area contributed by atoms with Gasteiger partial charge in [-0.05, 0) is 55.7 Å². The molecule has 4 heteroatoms. The minimum atomic E-state index is -0.233. The second-order valence-electron chi connectivity index (χ2n) is 7.58. The Bertz CT molecular complexity index is 593. The van der Waals surface area contributed by atoms with Gasteiger partial charge in [-0.2, -0.15) is 12.6 Å². The number of thiol groups is 1. The van der Waals surface area contributed by atoms with Gasteiger partial charge in [0.2, 0.25) is 0 Å². The van der Waals surface area contributed by atoms with Crippen LogP contribution in [-0.4, -0.2) is 29.5 Å². The minimum Gasteiger partial charge on any atom is -0.456 e. The van der Waals surface area contributed by atoms with E-state index in [2.05, 4.69) is 12.1 Å². The number of hydrogen-bond donors (Lipinski definition) is 1. The van der Waals surface area contributed by atoms with Crippen molar-refractivity contribution in [2.45, 2.75) is 74.2 Å². The molecule has 1 unspecified atom stereocenters. The van der Waals surface area contributed by atoms with Crippen molar-refractivity contribution in [3.05, 3.63) is 35.4 Å². The fraction of sp³-hybridized carbons (Fsp3) is 0.650. The van der Waals surface area contributed by atoms with Crippen molar-refractivity contribution in [2.24, 2.45) is 0 Å². The van der Waals surface area contributed by atoms with Gasteiger partial charge in [0.15, 0.2) is 0 Å². The first-order valence-electron chi connectivity index (χ1n) is 9.31. The summed E-state index contributed by atoms with van der Waals surface area (Å²) in [7, 11) is 0. The zero-order chi connectivity index (χ0) is 16.6. The zero-order valence-corrected chi connectivity index (χ0v) is 15.0. The Morgan fingerprint density at radius 3 is 2.58 bits per heavy atom. The molecule has 4 rings (SSSR count). The summed E-state index contributed by atoms with van der Waals surface area (Å²) >= 11 is 4.76. The standard InChI is InChI=1S/C20H26O3S/c21-19(23-17-10-11-20(24)12-13-22-18(17)20)16-8-6-15(7-9-16)14-4-2-1-3-5-14/h6-9,14,17-18,24H,1-5,10-13H2/t17?,18-,20+/m1/s1. The second kappa shape index (κ2) is 6.72. The Kier molecular flexibility index (Phi) is 4.61. The number of esters is 1. The summed E-state index contributed by atoms with van der Waals surface area (Å²) in [5, 5.41) is 0. The molecule has 1 heterocycles. The highest BCUT2D eigenvalue weighted by Gasteiger charge is 2.52. The number of hydrogen-bond acceptors (Lipinski definition) is 4. The molecule has 2 aliphatic carbocycles. The quantitative estimate of drug-likeness (QED) is 0.646. The van der Waals surface area contributed by atoms with Gasteiger partial charge < -0.3 is 9.47 Å². The van der Waals surface area contributed by atoms with E-state index < -0.39 is 0 Å². The third-order valence-electron chi connectivity index (χ3n) is 6.04. The largest absolute Gasteiger partial charge is 0.456 e. The molecular weight excluding hydrogens is 320 g/mol. The van der Waals surface area contributed by atoms with Crippen LogP contribution in [0.25, 0.3) is 0 Å². The highest BCUT2D eigenvalue weighted by molar-refractivity contribution is 7.81. The van der Waals surface area contributed by atoms with Gasteiger partial charge >= 0.3 is 5.97 Å². The summed E-state index contributed by atoms with van der Waals surface area (Å²) < 4.78 is 11.4. The SMILES string of the molecule is O=C(OC1CC[C@]2(S)CCO[C@H]12)c1ccc(C2CCCCC2)cc1. The Balaban J connectivity index is 1.39. The van der Waals surface area contributed by atoms with E-state index in [9.17, 15) is 4.79 Å². The van der Waals surface area contributed by atoms with Crippen LogP contribution in [0.5, 0.6) is 0 Å². The van der Waals surface area contributed by atoms with Gasteiger partial charge in [-0.25, -0.2) is 4.79 Å². The molecule has 1 aliphatic heterocycles. The Hall–Kier alpha value is -1.00. The second-order valence-corrected chi connectivity index (χ2v) is 8.47. The van der Waals surface area contributed by atoms with Crippen LogP contribution in [0.2, 0.25) is 0 Å². The number of benzene rings is 1. The maximum atomic E-state index is 12.5. The van der Waals surface area contributed by atoms with Crippen molar-refractivity contribution in [3.8, 4) is 0 Å². The fourth-order valence-corrected chi connectivity index (χ4v) is 5.04. The Morgan fingerprint density at radius 2 is 1.83 bits per heavy atom. The lowest BCUT2D eigenvalue weighted by Crippen LogP contribution is -2.35. The molecule has 1 aromatic rings. The van der Waals surface area contributed by atoms with Crippen molar-refractivity contribution in [1.82, 2.24) is 0 Å². The van der Waals surface area contributed by atoms with Crippen molar-refractivity contribution < 1.29 is 14.3 Å². The predicted octanol–water partition coefficient (Wildman–Crippen LogP) is 4.51. The van der Waals surface area contributed by atoms with Gasteiger partial charge in [0.1, 0.15) is 12.2 Å². The van der Waals surface area contributed by atoms with Gasteiger partial charge in [0, 0.05) is 11.4 Å². The zero-order valence-electron chi connectivity index (χ0n) is 14.1. The first-order valence-corrected chi connectivity index (χ1v) is 9.75. The summed E-state index contributed by atoms with van der Waals surface area (Å²) in [6.07, 6.45) is 9.10. The number of ether oxygens (including phenoxy) is 2. The lowest BCUT2D eigenvalue weighted by molar-refractivity contribution is -0.0199. The van der Waals surface area contributed by atoms with Gasteiger partial charge in [0.25, 0.3) is 0 Å². The van der Waals surface area contributed by atoms with Crippen molar-refractivity contribution in [3.63, 3.8) is 0 Å². The maximum absolute atomic E-state index is 12.5. The molecule has 3 atom stereocenters. The molecule has 3 nitrogen and oxygen atoms in total. The average molecular weight is 346 g/mol. The van der Waals surface area contributed by atoms with E-state index >= 15 is 0 Å². The smallest absolute Gasteiger partial charge is 0.338 e. The molecule has 3 aliphatic rings. The summed E-state index contributed by atoms with van der Waals surface area (Å²) in [6, 6.07) is 8.06. The van der Waals surface area contributed by atoms with Crippen molar-refractivity contribution in [1.29, 1.82) is 0 Å². The van der Waals surface area contributed by atoms with Crippen molar-refractivity contribution >= 4 is 18.6 Å². The first-order chi connectivity index (χ1) is 11.7. The molecule has 0 amide bonds. The minimum absolute atomic E-state index is 0.0497. The monoisotopic (exact) mass is 346 g/mol. The van der Waals surface area contributed by atoms with E-state index in [-0.39, 0.29) is 22.9 Å². The predicted molar refractivity (Wildman–Crippen MR) is 96.8 cm³/mol. The summed E-state index contributed by atoms with van der Waals surface area (Å²) in [6.45, 7) is 0.721. The van der Waals surface area contributed by atoms with Crippen LogP contribution in [0, 0.1) is 0 Å². The third kappa shape index (κ3) is 3.11. The Labute approximate surface area is 149 Å². The van der Waals surface area contributed by atoms with Gasteiger partial charge in [-0.15, -0.1) is 0 Å². The molecule has 0 spiro atoms. The highest BCUT2D eigenvalue weighted by Crippen LogP contribution is 2.46. The number of carbonyl (C=O) groups is 1. The topological polar surface area (TPSA) is 35.5 Å². The number of fused-ring (bicyclic) bond motifs is 1. The molecule has 24 heavy (non-hydrogen) atoms. The van der Waals surface area contributed by atoms with Crippen LogP contribution in [-0.2, 0) is 9.47 Å². The van der Waals surface area contributed by atoms with Gasteiger partial charge in [-0.1, -0.05) is 31.4 Å². The molecule has 3 fully saturated rings. The maximum Gasteiger partial charge on any atom is 0.338 e. The fourth-order valence-electron chi connectivity index (χ4n) is 4.58. The molecule has 130 valence electrons. The summed E-state index contributed by atoms with van der Waals surface area (Å²) in [5.74, 6) is 0.429. The average Bonchev–Trinajstić information content (AvgIpc) is 3.14. The van der Waals surface area contributed by atoms with Crippen molar-refractivity contribution in [2.75, 3.05) is 6.61 Å². The van der Waals surface area contributed by atoms with E-state index in [1.807, 2.05) is 12.1 Å². The van der Waals surface area contributed by atoms with E-state index in [0.717, 1.165) is 25.9 Å². The molecule has 2 saturated carbocycles. The van der Waals surface area contributed by atoms with Crippen LogP contribution in [0.3, 0.4) is 0 Å². The van der Waals surface area contributed by atoms with E-state index in [1.165, 1.54) is 37.7 Å². The third-order valence-corrected chi connectivity index (χ3v) is 6.74. The normalized spacial score (nSPS) is 33.4. The van der Waals surface area contributed by atoms with Crippen LogP contribution >= 0.6 is 12.6 Å². The first kappa shape index (κ1) is 16.5. The molecule has 1 aromatic carbocycles. The molecule has 0 bridgehead atoms. The lowest BCUT2D eigenvalue weighted by atomic mass is 9.84. The molecular formula is C20H26O3S. The van der Waals surface area contributed by atoms with Crippen LogP contribution in [0.4, 0.5) is 0 Å². The molecule has 0 radical (unpaired) electrons. The van der Waals surface area contributed by atoms with E-state index in [1.54, 1.807) is 0 Å². The Morgan fingerprint density at radius 1 is 1.08 bits per heavy atom. The summed E-state index contributed by atoms with van der Waals surface area (Å²) in [5.41, 5.74) is 2.00.